The second-order valence-electron chi connectivity index (χ2n) is 5.71. The van der Waals surface area contributed by atoms with Gasteiger partial charge in [-0.05, 0) is 17.0 Å². The van der Waals surface area contributed by atoms with Crippen LogP contribution >= 0.6 is 11.6 Å². The molecule has 2 aromatic rings. The zero-order valence-electron chi connectivity index (χ0n) is 11.9. The number of halogens is 1. The molecule has 2 rings (SSSR count). The smallest absolute Gasteiger partial charge is 0.128 e. The number of nitrogens with one attached hydrogen (secondary N) is 1. The molecule has 3 nitrogen and oxygen atoms in total. The van der Waals surface area contributed by atoms with Gasteiger partial charge in [-0.2, -0.15) is 0 Å². The van der Waals surface area contributed by atoms with Crippen LogP contribution < -0.4 is 5.32 Å². The fourth-order valence-corrected chi connectivity index (χ4v) is 2.20. The highest BCUT2D eigenvalue weighted by Gasteiger charge is 2.17. The summed E-state index contributed by atoms with van der Waals surface area (Å²) in [5.74, 6) is 0.925. The number of hydrogen-bond acceptors (Lipinski definition) is 2. The maximum Gasteiger partial charge on any atom is 0.128 e. The van der Waals surface area contributed by atoms with E-state index in [1.807, 2.05) is 17.7 Å². The first kappa shape index (κ1) is 13.9. The summed E-state index contributed by atoms with van der Waals surface area (Å²) in [5.41, 5.74) is 2.56. The highest BCUT2D eigenvalue weighted by molar-refractivity contribution is 6.29. The summed E-state index contributed by atoms with van der Waals surface area (Å²) >= 11 is 5.99. The average molecular weight is 278 g/mol. The highest BCUT2D eigenvalue weighted by atomic mass is 35.5. The van der Waals surface area contributed by atoms with E-state index in [9.17, 15) is 0 Å². The van der Waals surface area contributed by atoms with Crippen molar-refractivity contribution in [1.29, 1.82) is 0 Å². The Kier molecular flexibility index (Phi) is 3.85. The van der Waals surface area contributed by atoms with Gasteiger partial charge in [0.1, 0.15) is 11.0 Å². The van der Waals surface area contributed by atoms with E-state index in [-0.39, 0.29) is 5.41 Å². The second kappa shape index (κ2) is 5.25. The fraction of sp³-hybridized carbons (Fsp3) is 0.400. The van der Waals surface area contributed by atoms with Crippen molar-refractivity contribution in [2.75, 3.05) is 5.32 Å². The van der Waals surface area contributed by atoms with Crippen LogP contribution in [0.3, 0.4) is 0 Å². The summed E-state index contributed by atoms with van der Waals surface area (Å²) in [6.07, 6.45) is 1.67. The molecule has 0 amide bonds. The quantitative estimate of drug-likeness (QED) is 0.920. The van der Waals surface area contributed by atoms with Crippen LogP contribution in [0.2, 0.25) is 5.15 Å². The van der Waals surface area contributed by atoms with E-state index in [0.717, 1.165) is 11.5 Å². The monoisotopic (exact) mass is 277 g/mol. The molecule has 0 aliphatic rings. The molecule has 0 aliphatic heterocycles. The Morgan fingerprint density at radius 1 is 1.26 bits per heavy atom. The Bertz CT molecular complexity index is 567. The minimum Gasteiger partial charge on any atom is -0.378 e. The Hall–Kier alpha value is -1.48. The molecule has 0 saturated carbocycles. The van der Waals surface area contributed by atoms with E-state index >= 15 is 0 Å². The van der Waals surface area contributed by atoms with Gasteiger partial charge in [-0.15, -0.1) is 0 Å². The normalized spacial score (nSPS) is 11.6. The van der Waals surface area contributed by atoms with Crippen LogP contribution in [0.25, 0.3) is 0 Å². The van der Waals surface area contributed by atoms with Gasteiger partial charge >= 0.3 is 0 Å². The maximum absolute atomic E-state index is 5.99. The van der Waals surface area contributed by atoms with E-state index in [1.54, 1.807) is 6.20 Å². The number of hydrogen-bond donors (Lipinski definition) is 1. The average Bonchev–Trinajstić information content (AvgIpc) is 2.67. The second-order valence-corrected chi connectivity index (χ2v) is 6.09. The highest BCUT2D eigenvalue weighted by Crippen LogP contribution is 2.29. The first-order valence-corrected chi connectivity index (χ1v) is 6.77. The molecule has 0 unspecified atom stereocenters. The maximum atomic E-state index is 5.99. The third-order valence-electron chi connectivity index (χ3n) is 3.20. The third-order valence-corrected chi connectivity index (χ3v) is 3.55. The summed E-state index contributed by atoms with van der Waals surface area (Å²) in [7, 11) is 1.92. The number of anilines is 1. The van der Waals surface area contributed by atoms with Gasteiger partial charge in [0.2, 0.25) is 0 Å². The van der Waals surface area contributed by atoms with Crippen molar-refractivity contribution in [2.45, 2.75) is 32.7 Å². The van der Waals surface area contributed by atoms with Crippen molar-refractivity contribution in [3.63, 3.8) is 0 Å². The SMILES string of the molecule is Cn1c(Cl)cnc1CNc1ccccc1C(C)(C)C. The Morgan fingerprint density at radius 3 is 2.53 bits per heavy atom. The molecule has 4 heteroatoms. The van der Waals surface area contributed by atoms with Crippen LogP contribution in [0, 0.1) is 0 Å². The van der Waals surface area contributed by atoms with Gasteiger partial charge in [0, 0.05) is 12.7 Å². The van der Waals surface area contributed by atoms with Gasteiger partial charge < -0.3 is 9.88 Å². The molecule has 0 aliphatic carbocycles. The molecule has 1 aromatic heterocycles. The lowest BCUT2D eigenvalue weighted by atomic mass is 9.86. The summed E-state index contributed by atoms with van der Waals surface area (Å²) in [6.45, 7) is 7.30. The van der Waals surface area contributed by atoms with Crippen molar-refractivity contribution >= 4 is 17.3 Å². The van der Waals surface area contributed by atoms with Crippen LogP contribution in [0.5, 0.6) is 0 Å². The van der Waals surface area contributed by atoms with E-state index in [0.29, 0.717) is 11.7 Å². The molecule has 19 heavy (non-hydrogen) atoms. The number of aromatic nitrogens is 2. The zero-order chi connectivity index (χ0) is 14.0. The van der Waals surface area contributed by atoms with Crippen molar-refractivity contribution in [3.05, 3.63) is 47.0 Å². The van der Waals surface area contributed by atoms with E-state index in [1.165, 1.54) is 5.56 Å². The lowest BCUT2D eigenvalue weighted by molar-refractivity contribution is 0.591. The number of para-hydroxylation sites is 1. The van der Waals surface area contributed by atoms with Crippen molar-refractivity contribution in [2.24, 2.45) is 7.05 Å². The van der Waals surface area contributed by atoms with E-state index in [2.05, 4.69) is 49.3 Å². The van der Waals surface area contributed by atoms with E-state index in [4.69, 9.17) is 11.6 Å². The molecule has 1 aromatic carbocycles. The minimum atomic E-state index is 0.114. The number of imidazole rings is 1. The van der Waals surface area contributed by atoms with Gasteiger partial charge in [-0.25, -0.2) is 4.98 Å². The number of nitrogens with zero attached hydrogens (tertiary/aromatic N) is 2. The van der Waals surface area contributed by atoms with Gasteiger partial charge in [0.25, 0.3) is 0 Å². The first-order chi connectivity index (χ1) is 8.89. The molecule has 0 atom stereocenters. The van der Waals surface area contributed by atoms with Crippen LogP contribution in [-0.2, 0) is 19.0 Å². The Balaban J connectivity index is 2.19. The van der Waals surface area contributed by atoms with Gasteiger partial charge in [-0.1, -0.05) is 50.6 Å². The zero-order valence-corrected chi connectivity index (χ0v) is 12.6. The molecule has 0 bridgehead atoms. The summed E-state index contributed by atoms with van der Waals surface area (Å²) < 4.78 is 1.88. The first-order valence-electron chi connectivity index (χ1n) is 6.39. The van der Waals surface area contributed by atoms with Crippen molar-refractivity contribution in [1.82, 2.24) is 9.55 Å². The fourth-order valence-electron chi connectivity index (χ4n) is 2.05. The van der Waals surface area contributed by atoms with Gasteiger partial charge in [0.05, 0.1) is 12.7 Å². The molecular weight excluding hydrogens is 258 g/mol. The topological polar surface area (TPSA) is 29.9 Å². The minimum absolute atomic E-state index is 0.114. The molecule has 102 valence electrons. The van der Waals surface area contributed by atoms with Crippen LogP contribution in [0.1, 0.15) is 32.2 Å². The molecule has 1 N–H and O–H groups in total. The lowest BCUT2D eigenvalue weighted by Gasteiger charge is -2.23. The van der Waals surface area contributed by atoms with Crippen LogP contribution in [0.4, 0.5) is 5.69 Å². The predicted molar refractivity (Wildman–Crippen MR) is 80.7 cm³/mol. The standard InChI is InChI=1S/C15H20ClN3/c1-15(2,3)11-7-5-6-8-12(11)17-10-14-18-9-13(16)19(14)4/h5-9,17H,10H2,1-4H3. The Morgan fingerprint density at radius 2 is 1.95 bits per heavy atom. The van der Waals surface area contributed by atoms with Crippen LogP contribution in [-0.4, -0.2) is 9.55 Å². The Labute approximate surface area is 119 Å². The molecule has 0 saturated heterocycles. The molecular formula is C15H20ClN3. The summed E-state index contributed by atoms with van der Waals surface area (Å²) in [6, 6.07) is 8.38. The molecule has 0 spiro atoms. The molecule has 0 radical (unpaired) electrons. The molecule has 1 heterocycles. The summed E-state index contributed by atoms with van der Waals surface area (Å²) in [4.78, 5) is 4.29. The lowest BCUT2D eigenvalue weighted by Crippen LogP contribution is -2.15. The summed E-state index contributed by atoms with van der Waals surface area (Å²) in [5, 5.41) is 4.10. The van der Waals surface area contributed by atoms with Crippen LogP contribution in [0.15, 0.2) is 30.5 Å². The van der Waals surface area contributed by atoms with Crippen molar-refractivity contribution < 1.29 is 0 Å². The van der Waals surface area contributed by atoms with Gasteiger partial charge in [0.15, 0.2) is 0 Å². The van der Waals surface area contributed by atoms with Gasteiger partial charge in [-0.3, -0.25) is 0 Å². The number of rotatable bonds is 3. The number of benzene rings is 1. The molecule has 0 fully saturated rings. The predicted octanol–water partition coefficient (Wildman–Crippen LogP) is 3.98. The van der Waals surface area contributed by atoms with E-state index < -0.39 is 0 Å². The largest absolute Gasteiger partial charge is 0.378 e. The third kappa shape index (κ3) is 3.10. The van der Waals surface area contributed by atoms with Crippen molar-refractivity contribution in [3.8, 4) is 0 Å².